The van der Waals surface area contributed by atoms with Crippen molar-refractivity contribution in [2.75, 3.05) is 20.8 Å². The molecule has 2 N–H and O–H groups in total. The summed E-state index contributed by atoms with van der Waals surface area (Å²) in [6.45, 7) is 9.61. The molecule has 2 rings (SSSR count). The molecule has 0 saturated carbocycles. The van der Waals surface area contributed by atoms with Crippen LogP contribution in [0.4, 0.5) is 0 Å². The molecule has 7 nitrogen and oxygen atoms in total. The summed E-state index contributed by atoms with van der Waals surface area (Å²) in [6, 6.07) is 7.74. The average molecular weight is 530 g/mol. The summed E-state index contributed by atoms with van der Waals surface area (Å²) in [5.74, 6) is 3.48. The quantitative estimate of drug-likeness (QED) is 0.255. The molecule has 0 saturated heterocycles. The number of halogens is 1. The Bertz CT molecular complexity index is 790. The highest BCUT2D eigenvalue weighted by Gasteiger charge is 2.15. The number of nitrogens with one attached hydrogen (secondary N) is 2. The van der Waals surface area contributed by atoms with Gasteiger partial charge in [-0.15, -0.1) is 24.0 Å². The molecule has 0 amide bonds. The van der Waals surface area contributed by atoms with Crippen LogP contribution in [0.3, 0.4) is 0 Å². The van der Waals surface area contributed by atoms with Crippen LogP contribution in [-0.4, -0.2) is 31.9 Å². The van der Waals surface area contributed by atoms with E-state index in [1.807, 2.05) is 31.2 Å². The maximum atomic E-state index is 5.50. The molecule has 0 aliphatic rings. The Morgan fingerprint density at radius 3 is 2.47 bits per heavy atom. The van der Waals surface area contributed by atoms with Crippen molar-refractivity contribution in [2.45, 2.75) is 59.0 Å². The summed E-state index contributed by atoms with van der Waals surface area (Å²) >= 11 is 0. The summed E-state index contributed by atoms with van der Waals surface area (Å²) in [7, 11) is 3.32. The predicted octanol–water partition coefficient (Wildman–Crippen LogP) is 5.03. The lowest BCUT2D eigenvalue weighted by molar-refractivity contribution is 0.372. The van der Waals surface area contributed by atoms with Crippen molar-refractivity contribution in [3.8, 4) is 11.5 Å². The van der Waals surface area contributed by atoms with Crippen LogP contribution in [-0.2, 0) is 6.54 Å². The highest BCUT2D eigenvalue weighted by molar-refractivity contribution is 14.0. The second kappa shape index (κ2) is 13.4. The van der Waals surface area contributed by atoms with Crippen LogP contribution in [0.2, 0.25) is 0 Å². The smallest absolute Gasteiger partial charge is 0.192 e. The van der Waals surface area contributed by atoms with Crippen molar-refractivity contribution in [1.82, 2.24) is 15.8 Å². The Balaban J connectivity index is 0.00000450. The van der Waals surface area contributed by atoms with Gasteiger partial charge in [0.15, 0.2) is 11.7 Å². The Morgan fingerprint density at radius 2 is 1.87 bits per heavy atom. The fourth-order valence-electron chi connectivity index (χ4n) is 3.24. The van der Waals surface area contributed by atoms with E-state index in [9.17, 15) is 0 Å². The maximum absolute atomic E-state index is 5.50. The van der Waals surface area contributed by atoms with Gasteiger partial charge in [-0.2, -0.15) is 0 Å². The summed E-state index contributed by atoms with van der Waals surface area (Å²) in [4.78, 5) is 4.66. The molecule has 0 spiro atoms. The minimum atomic E-state index is -0.0345. The van der Waals surface area contributed by atoms with Gasteiger partial charge in [0.1, 0.15) is 18.0 Å². The molecular weight excluding hydrogens is 495 g/mol. The highest BCUT2D eigenvalue weighted by Crippen LogP contribution is 2.29. The minimum Gasteiger partial charge on any atom is -0.497 e. The molecule has 1 aromatic heterocycles. The molecule has 168 valence electrons. The van der Waals surface area contributed by atoms with Gasteiger partial charge >= 0.3 is 0 Å². The fourth-order valence-corrected chi connectivity index (χ4v) is 3.24. The topological polar surface area (TPSA) is 80.9 Å². The number of benzene rings is 1. The molecular formula is C22H35IN4O3. The second-order valence-electron chi connectivity index (χ2n) is 6.90. The van der Waals surface area contributed by atoms with Crippen molar-refractivity contribution in [3.05, 3.63) is 41.3 Å². The first kappa shape index (κ1) is 26.1. The van der Waals surface area contributed by atoms with Crippen molar-refractivity contribution >= 4 is 29.9 Å². The number of ether oxygens (including phenoxy) is 2. The van der Waals surface area contributed by atoms with E-state index in [-0.39, 0.29) is 30.0 Å². The van der Waals surface area contributed by atoms with E-state index in [2.05, 4.69) is 41.6 Å². The first-order valence-corrected chi connectivity index (χ1v) is 10.3. The molecule has 8 heteroatoms. The average Bonchev–Trinajstić information content (AvgIpc) is 3.21. The number of methoxy groups -OCH3 is 2. The van der Waals surface area contributed by atoms with Gasteiger partial charge < -0.3 is 24.6 Å². The number of hydrogen-bond acceptors (Lipinski definition) is 5. The fraction of sp³-hybridized carbons (Fsp3) is 0.545. The molecule has 1 unspecified atom stereocenters. The lowest BCUT2D eigenvalue weighted by Crippen LogP contribution is -2.38. The van der Waals surface area contributed by atoms with E-state index < -0.39 is 0 Å². The number of aromatic nitrogens is 1. The number of aliphatic imine (C=N–C) groups is 1. The standard InChI is InChI=1S/C22H34N4O3.HI/c1-7-16(8-2)20-13-18(29-26-20)14-24-22(23-9-3)25-15(4)19-12-17(27-5)10-11-21(19)28-6;/h10-13,15-16H,7-9,14H2,1-6H3,(H2,23,24,25);1H. The molecule has 1 heterocycles. The molecule has 30 heavy (non-hydrogen) atoms. The lowest BCUT2D eigenvalue weighted by atomic mass is 9.99. The Kier molecular flexibility index (Phi) is 11.6. The van der Waals surface area contributed by atoms with Crippen molar-refractivity contribution in [3.63, 3.8) is 0 Å². The summed E-state index contributed by atoms with van der Waals surface area (Å²) in [6.07, 6.45) is 2.10. The van der Waals surface area contributed by atoms with Gasteiger partial charge in [-0.3, -0.25) is 0 Å². The van der Waals surface area contributed by atoms with Gasteiger partial charge in [0, 0.05) is 24.1 Å². The van der Waals surface area contributed by atoms with Crippen LogP contribution in [0.15, 0.2) is 33.8 Å². The zero-order valence-electron chi connectivity index (χ0n) is 18.8. The molecule has 1 aromatic carbocycles. The van der Waals surface area contributed by atoms with Crippen molar-refractivity contribution in [1.29, 1.82) is 0 Å². The zero-order valence-corrected chi connectivity index (χ0v) is 21.2. The first-order chi connectivity index (χ1) is 14.1. The zero-order chi connectivity index (χ0) is 21.2. The van der Waals surface area contributed by atoms with Gasteiger partial charge in [-0.25, -0.2) is 4.99 Å². The van der Waals surface area contributed by atoms with Crippen LogP contribution in [0.5, 0.6) is 11.5 Å². The number of hydrogen-bond donors (Lipinski definition) is 2. The van der Waals surface area contributed by atoms with Crippen molar-refractivity contribution in [2.24, 2.45) is 4.99 Å². The molecule has 0 bridgehead atoms. The molecule has 0 aliphatic carbocycles. The van der Waals surface area contributed by atoms with Crippen LogP contribution < -0.4 is 20.1 Å². The van der Waals surface area contributed by atoms with Crippen molar-refractivity contribution < 1.29 is 14.0 Å². The molecule has 0 radical (unpaired) electrons. The third kappa shape index (κ3) is 7.07. The van der Waals surface area contributed by atoms with Crippen LogP contribution in [0.25, 0.3) is 0 Å². The number of nitrogens with zero attached hydrogens (tertiary/aromatic N) is 2. The normalized spacial score (nSPS) is 12.3. The first-order valence-electron chi connectivity index (χ1n) is 10.3. The van der Waals surface area contributed by atoms with E-state index >= 15 is 0 Å². The monoisotopic (exact) mass is 530 g/mol. The Morgan fingerprint density at radius 1 is 1.13 bits per heavy atom. The maximum Gasteiger partial charge on any atom is 0.192 e. The van der Waals surface area contributed by atoms with E-state index in [0.717, 1.165) is 47.9 Å². The van der Waals surface area contributed by atoms with E-state index in [0.29, 0.717) is 18.4 Å². The van der Waals surface area contributed by atoms with Gasteiger partial charge in [0.2, 0.25) is 0 Å². The summed E-state index contributed by atoms with van der Waals surface area (Å²) < 4.78 is 16.3. The third-order valence-corrected chi connectivity index (χ3v) is 4.97. The number of guanidine groups is 1. The summed E-state index contributed by atoms with van der Waals surface area (Å²) in [5.41, 5.74) is 2.00. The van der Waals surface area contributed by atoms with E-state index in [1.54, 1.807) is 14.2 Å². The predicted molar refractivity (Wildman–Crippen MR) is 131 cm³/mol. The van der Waals surface area contributed by atoms with Gasteiger partial charge in [0.25, 0.3) is 0 Å². The van der Waals surface area contributed by atoms with E-state index in [4.69, 9.17) is 14.0 Å². The van der Waals surface area contributed by atoms with E-state index in [1.165, 1.54) is 0 Å². The second-order valence-corrected chi connectivity index (χ2v) is 6.90. The van der Waals surface area contributed by atoms with Gasteiger partial charge in [-0.05, 0) is 44.9 Å². The lowest BCUT2D eigenvalue weighted by Gasteiger charge is -2.20. The Labute approximate surface area is 197 Å². The molecule has 1 atom stereocenters. The molecule has 0 aliphatic heterocycles. The largest absolute Gasteiger partial charge is 0.497 e. The SMILES string of the molecule is CCNC(=NCc1cc(C(CC)CC)no1)NC(C)c1cc(OC)ccc1OC.I. The highest BCUT2D eigenvalue weighted by atomic mass is 127. The number of rotatable bonds is 10. The molecule has 2 aromatic rings. The van der Waals surface area contributed by atoms with Gasteiger partial charge in [0.05, 0.1) is 26.0 Å². The Hall–Kier alpha value is -1.97. The van der Waals surface area contributed by atoms with Gasteiger partial charge in [-0.1, -0.05) is 19.0 Å². The minimum absolute atomic E-state index is 0. The van der Waals surface area contributed by atoms with Crippen LogP contribution in [0, 0.1) is 0 Å². The van der Waals surface area contributed by atoms with Crippen LogP contribution >= 0.6 is 24.0 Å². The summed E-state index contributed by atoms with van der Waals surface area (Å²) in [5, 5.41) is 10.9. The third-order valence-electron chi connectivity index (χ3n) is 4.97. The molecule has 0 fully saturated rings. The van der Waals surface area contributed by atoms with Crippen LogP contribution in [0.1, 0.15) is 69.5 Å².